The summed E-state index contributed by atoms with van der Waals surface area (Å²) in [6, 6.07) is 3.97. The van der Waals surface area contributed by atoms with Gasteiger partial charge in [-0.1, -0.05) is 24.6 Å². The summed E-state index contributed by atoms with van der Waals surface area (Å²) in [6.07, 6.45) is -6.01. The van der Waals surface area contributed by atoms with Crippen molar-refractivity contribution in [3.05, 3.63) is 47.0 Å². The number of carbonyl (C=O) groups is 1. The molecule has 0 spiro atoms. The zero-order valence-corrected chi connectivity index (χ0v) is 18.8. The van der Waals surface area contributed by atoms with Crippen LogP contribution < -0.4 is 0 Å². The first-order valence-corrected chi connectivity index (χ1v) is 11.1. The van der Waals surface area contributed by atoms with Crippen LogP contribution in [0.1, 0.15) is 49.5 Å². The minimum atomic E-state index is -4.47. The molecule has 0 unspecified atom stereocenters. The third-order valence-corrected chi connectivity index (χ3v) is 6.57. The summed E-state index contributed by atoms with van der Waals surface area (Å²) in [5, 5.41) is 30.8. The van der Waals surface area contributed by atoms with Crippen LogP contribution in [0, 0.1) is 11.8 Å². The van der Waals surface area contributed by atoms with Crippen molar-refractivity contribution in [1.29, 1.82) is 0 Å². The van der Waals surface area contributed by atoms with Crippen molar-refractivity contribution < 1.29 is 42.8 Å². The molecule has 2 aliphatic heterocycles. The van der Waals surface area contributed by atoms with Crippen molar-refractivity contribution in [1.82, 2.24) is 0 Å². The van der Waals surface area contributed by atoms with Gasteiger partial charge in [0, 0.05) is 17.4 Å². The van der Waals surface area contributed by atoms with Gasteiger partial charge in [0.05, 0.1) is 42.7 Å². The largest absolute Gasteiger partial charge is 0.416 e. The van der Waals surface area contributed by atoms with Crippen LogP contribution >= 0.6 is 0 Å². The molecule has 0 amide bonds. The van der Waals surface area contributed by atoms with Crippen LogP contribution in [-0.4, -0.2) is 64.3 Å². The maximum Gasteiger partial charge on any atom is 0.416 e. The fourth-order valence-corrected chi connectivity index (χ4v) is 4.22. The predicted molar refractivity (Wildman–Crippen MR) is 114 cm³/mol. The number of ether oxygens (including phenoxy) is 2. The van der Waals surface area contributed by atoms with Crippen LogP contribution in [0.5, 0.6) is 0 Å². The van der Waals surface area contributed by atoms with E-state index in [0.29, 0.717) is 12.0 Å². The van der Waals surface area contributed by atoms with Gasteiger partial charge in [-0.05, 0) is 44.9 Å². The van der Waals surface area contributed by atoms with Crippen molar-refractivity contribution in [3.63, 3.8) is 0 Å². The molecule has 2 fully saturated rings. The first-order valence-electron chi connectivity index (χ1n) is 11.1. The number of hydrogen-bond acceptors (Lipinski definition) is 6. The molecule has 1 aromatic rings. The Morgan fingerprint density at radius 3 is 2.36 bits per heavy atom. The standard InChI is InChI=1S/C24H31F3O6/c1-12(8-18(29)15-4-6-17(7-5-15)24(25,26)27)9-19-22(31)21(30)16(11-32-19)10-20-23(33-20)13(2)14(3)28/h4-8,13-14,16,19-23,28,30-31H,9-11H2,1-3H3/b12-8+/t13-,14-,16-,19-,20-,21+,22-,23-/m0/s1. The monoisotopic (exact) mass is 472 g/mol. The van der Waals surface area contributed by atoms with Crippen LogP contribution in [-0.2, 0) is 15.7 Å². The van der Waals surface area contributed by atoms with Crippen molar-refractivity contribution in [2.24, 2.45) is 11.8 Å². The number of alkyl halides is 3. The van der Waals surface area contributed by atoms with Gasteiger partial charge in [-0.15, -0.1) is 0 Å². The highest BCUT2D eigenvalue weighted by Gasteiger charge is 2.48. The van der Waals surface area contributed by atoms with E-state index in [-0.39, 0.29) is 42.6 Å². The number of allylic oxidation sites excluding steroid dienone is 1. The molecule has 6 nitrogen and oxygen atoms in total. The van der Waals surface area contributed by atoms with E-state index < -0.39 is 41.9 Å². The highest BCUT2D eigenvalue weighted by molar-refractivity contribution is 6.04. The Labute approximate surface area is 191 Å². The number of benzene rings is 1. The lowest BCUT2D eigenvalue weighted by Gasteiger charge is -2.38. The summed E-state index contributed by atoms with van der Waals surface area (Å²) in [4.78, 5) is 12.4. The van der Waals surface area contributed by atoms with E-state index in [1.807, 2.05) is 6.92 Å². The fraction of sp³-hybridized carbons (Fsp3) is 0.625. The van der Waals surface area contributed by atoms with E-state index in [9.17, 15) is 33.3 Å². The Bertz CT molecular complexity index is 851. The maximum atomic E-state index is 12.7. The first kappa shape index (κ1) is 25.8. The molecule has 9 heteroatoms. The van der Waals surface area contributed by atoms with Gasteiger partial charge in [0.1, 0.15) is 6.10 Å². The van der Waals surface area contributed by atoms with Gasteiger partial charge < -0.3 is 24.8 Å². The lowest BCUT2D eigenvalue weighted by molar-refractivity contribution is -0.165. The van der Waals surface area contributed by atoms with Gasteiger partial charge in [-0.2, -0.15) is 13.2 Å². The summed E-state index contributed by atoms with van der Waals surface area (Å²) >= 11 is 0. The third kappa shape index (κ3) is 6.42. The van der Waals surface area contributed by atoms with Crippen LogP contribution in [0.15, 0.2) is 35.9 Å². The molecule has 2 heterocycles. The molecule has 1 aromatic carbocycles. The Morgan fingerprint density at radius 1 is 1.15 bits per heavy atom. The Hall–Kier alpha value is -1.78. The Kier molecular flexibility index (Phi) is 8.01. The van der Waals surface area contributed by atoms with Crippen LogP contribution in [0.4, 0.5) is 13.2 Å². The quantitative estimate of drug-likeness (QED) is 0.306. The minimum Gasteiger partial charge on any atom is -0.393 e. The molecule has 0 aromatic heterocycles. The first-order chi connectivity index (χ1) is 15.4. The van der Waals surface area contributed by atoms with Crippen molar-refractivity contribution >= 4 is 5.78 Å². The highest BCUT2D eigenvalue weighted by atomic mass is 19.4. The molecule has 0 aliphatic carbocycles. The number of aliphatic hydroxyl groups is 3. The minimum absolute atomic E-state index is 0.0238. The summed E-state index contributed by atoms with van der Waals surface area (Å²) in [5.74, 6) is -0.788. The van der Waals surface area contributed by atoms with E-state index in [0.717, 1.165) is 24.3 Å². The van der Waals surface area contributed by atoms with Gasteiger partial charge >= 0.3 is 6.18 Å². The van der Waals surface area contributed by atoms with Crippen molar-refractivity contribution in [2.75, 3.05) is 6.61 Å². The molecule has 0 radical (unpaired) electrons. The topological polar surface area (TPSA) is 99.5 Å². The van der Waals surface area contributed by atoms with E-state index >= 15 is 0 Å². The number of halogens is 3. The molecule has 8 atom stereocenters. The van der Waals surface area contributed by atoms with Crippen molar-refractivity contribution in [2.45, 2.75) is 76.4 Å². The van der Waals surface area contributed by atoms with Crippen LogP contribution in [0.25, 0.3) is 0 Å². The average molecular weight is 473 g/mol. The normalized spacial score (nSPS) is 32.3. The van der Waals surface area contributed by atoms with Gasteiger partial charge in [-0.3, -0.25) is 4.79 Å². The lowest BCUT2D eigenvalue weighted by atomic mass is 9.85. The second-order valence-electron chi connectivity index (χ2n) is 9.22. The molecule has 0 bridgehead atoms. The van der Waals surface area contributed by atoms with Gasteiger partial charge in [0.15, 0.2) is 5.78 Å². The fourth-order valence-electron chi connectivity index (χ4n) is 4.22. The van der Waals surface area contributed by atoms with E-state index in [2.05, 4.69) is 0 Å². The molecule has 3 rings (SSSR count). The zero-order valence-electron chi connectivity index (χ0n) is 18.8. The molecule has 33 heavy (non-hydrogen) atoms. The smallest absolute Gasteiger partial charge is 0.393 e. The number of aliphatic hydroxyl groups excluding tert-OH is 3. The number of rotatable bonds is 8. The second-order valence-corrected chi connectivity index (χ2v) is 9.22. The molecule has 2 aliphatic rings. The number of hydrogen-bond donors (Lipinski definition) is 3. The van der Waals surface area contributed by atoms with Gasteiger partial charge in [-0.25, -0.2) is 0 Å². The number of epoxide rings is 1. The molecule has 184 valence electrons. The Balaban J connectivity index is 1.53. The summed E-state index contributed by atoms with van der Waals surface area (Å²) in [7, 11) is 0. The van der Waals surface area contributed by atoms with Crippen molar-refractivity contribution in [3.8, 4) is 0 Å². The zero-order chi connectivity index (χ0) is 24.5. The second kappa shape index (κ2) is 10.2. The Morgan fingerprint density at radius 2 is 1.79 bits per heavy atom. The number of carbonyl (C=O) groups excluding carboxylic acids is 1. The van der Waals surface area contributed by atoms with Gasteiger partial charge in [0.25, 0.3) is 0 Å². The summed E-state index contributed by atoms with van der Waals surface area (Å²) < 4.78 is 49.4. The van der Waals surface area contributed by atoms with E-state index in [1.165, 1.54) is 6.08 Å². The molecule has 3 N–H and O–H groups in total. The van der Waals surface area contributed by atoms with Crippen LogP contribution in [0.3, 0.4) is 0 Å². The highest BCUT2D eigenvalue weighted by Crippen LogP contribution is 2.38. The predicted octanol–water partition coefficient (Wildman–Crippen LogP) is 3.14. The average Bonchev–Trinajstić information content (AvgIpc) is 3.51. The third-order valence-electron chi connectivity index (χ3n) is 6.57. The molecule has 2 saturated heterocycles. The van der Waals surface area contributed by atoms with E-state index in [1.54, 1.807) is 13.8 Å². The number of ketones is 1. The molecular formula is C24H31F3O6. The maximum absolute atomic E-state index is 12.7. The van der Waals surface area contributed by atoms with E-state index in [4.69, 9.17) is 9.47 Å². The van der Waals surface area contributed by atoms with Gasteiger partial charge in [0.2, 0.25) is 0 Å². The lowest BCUT2D eigenvalue weighted by Crippen LogP contribution is -2.50. The molecular weight excluding hydrogens is 441 g/mol. The summed E-state index contributed by atoms with van der Waals surface area (Å²) in [6.45, 7) is 5.48. The van der Waals surface area contributed by atoms with Crippen LogP contribution in [0.2, 0.25) is 0 Å². The SMILES string of the molecule is C/C(=C\C(=O)c1ccc(C(F)(F)F)cc1)C[C@@H]1OC[C@H](C[C@@H]2O[C@H]2[C@@H](C)[C@H](C)O)[C@@H](O)[C@H]1O. The molecule has 0 saturated carbocycles. The summed E-state index contributed by atoms with van der Waals surface area (Å²) in [5.41, 5.74) is -0.130.